The van der Waals surface area contributed by atoms with Crippen molar-refractivity contribution in [3.63, 3.8) is 0 Å². The Morgan fingerprint density at radius 1 is 1.36 bits per heavy atom. The summed E-state index contributed by atoms with van der Waals surface area (Å²) in [6, 6.07) is 2.19. The van der Waals surface area contributed by atoms with Crippen molar-refractivity contribution < 1.29 is 0 Å². The van der Waals surface area contributed by atoms with Crippen molar-refractivity contribution in [3.05, 3.63) is 28.3 Å². The molecule has 0 radical (unpaired) electrons. The predicted molar refractivity (Wildman–Crippen MR) is 49.5 cm³/mol. The Labute approximate surface area is 67.9 Å². The second-order valence-electron chi connectivity index (χ2n) is 1.82. The van der Waals surface area contributed by atoms with Crippen molar-refractivity contribution in [2.24, 2.45) is 0 Å². The van der Waals surface area contributed by atoms with Gasteiger partial charge in [-0.15, -0.1) is 17.4 Å². The Balaban J connectivity index is 0. The summed E-state index contributed by atoms with van der Waals surface area (Å²) in [5.74, 6) is 0. The normalized spacial score (nSPS) is 7.27. The van der Waals surface area contributed by atoms with Gasteiger partial charge in [0.1, 0.15) is 0 Å². The van der Waals surface area contributed by atoms with E-state index in [0.29, 0.717) is 0 Å². The van der Waals surface area contributed by atoms with Crippen LogP contribution in [-0.4, -0.2) is 0 Å². The Morgan fingerprint density at radius 2 is 1.91 bits per heavy atom. The molecule has 1 aromatic heterocycles. The molecule has 1 rings (SSSR count). The van der Waals surface area contributed by atoms with Crippen molar-refractivity contribution in [3.8, 4) is 0 Å². The van der Waals surface area contributed by atoms with E-state index < -0.39 is 0 Å². The fourth-order valence-electron chi connectivity index (χ4n) is 0.605. The first-order valence-corrected chi connectivity index (χ1v) is 4.55. The van der Waals surface area contributed by atoms with Gasteiger partial charge in [-0.3, -0.25) is 0 Å². The van der Waals surface area contributed by atoms with E-state index in [1.165, 1.54) is 10.4 Å². The quantitative estimate of drug-likeness (QED) is 0.618. The standard InChI is InChI=1S/C7H9S.C2H6.Fm/c1-3-7-4-6(2)5-8-7;1-2;/h3-5H,1-2H3;1-2H3;/q-1;;. The van der Waals surface area contributed by atoms with Crippen molar-refractivity contribution >= 4 is 11.3 Å². The van der Waals surface area contributed by atoms with E-state index in [2.05, 4.69) is 31.7 Å². The Bertz CT molecular complexity index is 170. The molecule has 0 aliphatic carbocycles. The van der Waals surface area contributed by atoms with Gasteiger partial charge in [-0.25, -0.2) is 6.42 Å². The molecule has 0 bridgehead atoms. The van der Waals surface area contributed by atoms with Gasteiger partial charge in [0, 0.05) is 0 Å². The molecule has 70 valence electrons. The SMILES string of the molecule is CC.C[CH-]c1cc(C)cs1.[Fm]. The first-order chi connectivity index (χ1) is 4.83. The molecule has 1 aromatic rings. The minimum absolute atomic E-state index is 0. The first kappa shape index (κ1) is 12.3. The van der Waals surface area contributed by atoms with Crippen LogP contribution in [0.3, 0.4) is 0 Å². The smallest absolute Gasteiger partial charge is 0 e. The van der Waals surface area contributed by atoms with Crippen LogP contribution in [0, 0.1) is 13.3 Å². The number of hydrogen-bond acceptors (Lipinski definition) is 1. The fraction of sp³-hybridized carbons (Fsp3) is 0.444. The molecule has 1 heterocycles. The van der Waals surface area contributed by atoms with Gasteiger partial charge in [0.2, 0.25) is 0 Å². The molecule has 0 aromatic carbocycles. The minimum atomic E-state index is 0. The Hall–Kier alpha value is -1.43. The zero-order valence-electron chi connectivity index (χ0n) is 7.43. The topological polar surface area (TPSA) is 0 Å². The van der Waals surface area contributed by atoms with Crippen LogP contribution in [0.4, 0.5) is 0 Å². The van der Waals surface area contributed by atoms with Crippen molar-refractivity contribution in [1.82, 2.24) is 0 Å². The molecule has 11 heavy (non-hydrogen) atoms. The molecule has 0 fully saturated rings. The summed E-state index contributed by atoms with van der Waals surface area (Å²) >= 11 is 1.79. The van der Waals surface area contributed by atoms with Crippen molar-refractivity contribution in [2.45, 2.75) is 27.7 Å². The van der Waals surface area contributed by atoms with Crippen LogP contribution in [0.2, 0.25) is 0 Å². The van der Waals surface area contributed by atoms with Gasteiger partial charge >= 0.3 is 0 Å². The minimum Gasteiger partial charge on any atom is -0.216 e. The average Bonchev–Trinajstić information content (AvgIpc) is 2.40. The van der Waals surface area contributed by atoms with Gasteiger partial charge in [-0.1, -0.05) is 20.8 Å². The largest absolute Gasteiger partial charge is 0.216 e. The maximum absolute atomic E-state index is 2.19. The Kier molecular flexibility index (Phi) is 7.46. The van der Waals surface area contributed by atoms with Crippen LogP contribution in [0.5, 0.6) is 0 Å². The molecule has 0 saturated heterocycles. The number of rotatable bonds is 1. The van der Waals surface area contributed by atoms with Crippen LogP contribution < -0.4 is 0 Å². The van der Waals surface area contributed by atoms with E-state index >= 15 is 0 Å². The van der Waals surface area contributed by atoms with E-state index in [1.54, 1.807) is 11.3 Å². The Morgan fingerprint density at radius 3 is 2.09 bits per heavy atom. The van der Waals surface area contributed by atoms with E-state index in [0.717, 1.165) is 0 Å². The molecule has 0 saturated carbocycles. The summed E-state index contributed by atoms with van der Waals surface area (Å²) in [6.07, 6.45) is 2.12. The summed E-state index contributed by atoms with van der Waals surface area (Å²) < 4.78 is 0. The fourth-order valence-corrected chi connectivity index (χ4v) is 1.38. The molecule has 2 heteroatoms. The molecule has 0 N–H and O–H groups in total. The molecule has 0 spiro atoms. The molecule has 0 aliphatic heterocycles. The van der Waals surface area contributed by atoms with Crippen LogP contribution in [-0.2, 0) is 0 Å². The third kappa shape index (κ3) is 4.04. The average molecular weight is 412 g/mol. The zero-order chi connectivity index (χ0) is 7.98. The molecular formula is C9H15FmS-. The summed E-state index contributed by atoms with van der Waals surface area (Å²) in [4.78, 5) is 1.36. The summed E-state index contributed by atoms with van der Waals surface area (Å²) in [5, 5.41) is 2.16. The molecule has 0 amide bonds. The van der Waals surface area contributed by atoms with Crippen LogP contribution in [0.15, 0.2) is 11.4 Å². The molecule has 0 atom stereocenters. The van der Waals surface area contributed by atoms with Crippen LogP contribution >= 0.6 is 11.3 Å². The maximum Gasteiger partial charge on any atom is 0 e. The predicted octanol–water partition coefficient (Wildman–Crippen LogP) is 3.66. The van der Waals surface area contributed by atoms with Crippen molar-refractivity contribution in [2.75, 3.05) is 0 Å². The molecular weight excluding hydrogens is 397 g/mol. The molecule has 0 unspecified atom stereocenters. The van der Waals surface area contributed by atoms with Gasteiger partial charge in [0.25, 0.3) is 0 Å². The summed E-state index contributed by atoms with van der Waals surface area (Å²) in [5.41, 5.74) is 1.36. The zero-order valence-corrected chi connectivity index (χ0v) is 10.6. The van der Waals surface area contributed by atoms with Crippen LogP contribution in [0.25, 0.3) is 0 Å². The van der Waals surface area contributed by atoms with Gasteiger partial charge in [-0.2, -0.15) is 17.4 Å². The second kappa shape index (κ2) is 6.69. The van der Waals surface area contributed by atoms with Gasteiger partial charge < -0.3 is 0 Å². The third-order valence-corrected chi connectivity index (χ3v) is 2.15. The van der Waals surface area contributed by atoms with Crippen LogP contribution in [0.1, 0.15) is 31.2 Å². The van der Waals surface area contributed by atoms with E-state index in [-0.39, 0.29) is 0 Å². The summed E-state index contributed by atoms with van der Waals surface area (Å²) in [6.45, 7) is 8.18. The number of aryl methyl sites for hydroxylation is 1. The molecule has 0 nitrogen and oxygen atoms in total. The first-order valence-electron chi connectivity index (χ1n) is 3.67. The van der Waals surface area contributed by atoms with Gasteiger partial charge in [0.05, 0.1) is 0 Å². The third-order valence-electron chi connectivity index (χ3n) is 1.04. The molecule has 0 aliphatic rings. The van der Waals surface area contributed by atoms with Crippen molar-refractivity contribution in [1.29, 1.82) is 0 Å². The van der Waals surface area contributed by atoms with E-state index in [9.17, 15) is 0 Å². The van der Waals surface area contributed by atoms with E-state index in [1.807, 2.05) is 13.8 Å². The second-order valence-corrected chi connectivity index (χ2v) is 2.76. The number of hydrogen-bond donors (Lipinski definition) is 0. The summed E-state index contributed by atoms with van der Waals surface area (Å²) in [7, 11) is 0. The monoisotopic (exact) mass is 412 g/mol. The van der Waals surface area contributed by atoms with Gasteiger partial charge in [-0.05, 0) is 5.38 Å². The number of thiophene rings is 1. The van der Waals surface area contributed by atoms with E-state index in [4.69, 9.17) is 0 Å². The van der Waals surface area contributed by atoms with Gasteiger partial charge in [0.15, 0.2) is 0 Å². The maximum atomic E-state index is 2.19.